The van der Waals surface area contributed by atoms with Gasteiger partial charge in [0.15, 0.2) is 0 Å². The number of aromatic nitrogens is 2. The molecule has 2 aromatic heterocycles. The molecule has 0 aliphatic carbocycles. The van der Waals surface area contributed by atoms with Crippen LogP contribution >= 0.6 is 11.3 Å². The maximum Gasteiger partial charge on any atom is 0.337 e. The average molecular weight is 407 g/mol. The Bertz CT molecular complexity index is 1370. The Labute approximate surface area is 169 Å². The average Bonchev–Trinajstić information content (AvgIpc) is 3.01. The van der Waals surface area contributed by atoms with Gasteiger partial charge in [-0.3, -0.25) is 19.5 Å². The lowest BCUT2D eigenvalue weighted by Crippen LogP contribution is -2.38. The molecule has 146 valence electrons. The number of nitro benzene ring substituents is 1. The lowest BCUT2D eigenvalue weighted by Gasteiger charge is -2.12. The van der Waals surface area contributed by atoms with E-state index in [1.807, 2.05) is 19.9 Å². The number of fused-ring (bicyclic) bond motifs is 1. The number of nitrogens with zero attached hydrogens (tertiary/aromatic N) is 3. The van der Waals surface area contributed by atoms with Crippen molar-refractivity contribution in [3.8, 4) is 5.69 Å². The third kappa shape index (κ3) is 3.17. The Morgan fingerprint density at radius 2 is 1.76 bits per heavy atom. The van der Waals surface area contributed by atoms with Crippen molar-refractivity contribution in [2.45, 2.75) is 20.4 Å². The van der Waals surface area contributed by atoms with Gasteiger partial charge < -0.3 is 0 Å². The van der Waals surface area contributed by atoms with Crippen molar-refractivity contribution in [1.82, 2.24) is 9.13 Å². The third-order valence-corrected chi connectivity index (χ3v) is 6.16. The SMILES string of the molecule is Cc1sc2c(c1C)c(=O)n(-c1ccccc1)c(=O)n2Cc1cccc([N+](=O)[O-])c1. The molecular weight excluding hydrogens is 390 g/mol. The number of aryl methyl sites for hydroxylation is 2. The molecule has 0 radical (unpaired) electrons. The maximum absolute atomic E-state index is 13.3. The van der Waals surface area contributed by atoms with Crippen LogP contribution in [0.4, 0.5) is 5.69 Å². The maximum atomic E-state index is 13.3. The van der Waals surface area contributed by atoms with Gasteiger partial charge in [0.25, 0.3) is 11.2 Å². The summed E-state index contributed by atoms with van der Waals surface area (Å²) in [6, 6.07) is 14.9. The van der Waals surface area contributed by atoms with Gasteiger partial charge in [0.1, 0.15) is 4.83 Å². The van der Waals surface area contributed by atoms with E-state index in [0.29, 0.717) is 21.5 Å². The highest BCUT2D eigenvalue weighted by atomic mass is 32.1. The van der Waals surface area contributed by atoms with Crippen molar-refractivity contribution >= 4 is 27.2 Å². The molecule has 0 amide bonds. The Morgan fingerprint density at radius 3 is 2.45 bits per heavy atom. The fourth-order valence-electron chi connectivity index (χ4n) is 3.35. The van der Waals surface area contributed by atoms with E-state index < -0.39 is 10.6 Å². The van der Waals surface area contributed by atoms with Crippen LogP contribution in [0, 0.1) is 24.0 Å². The summed E-state index contributed by atoms with van der Waals surface area (Å²) in [6.45, 7) is 3.91. The zero-order valence-electron chi connectivity index (χ0n) is 15.8. The highest BCUT2D eigenvalue weighted by Crippen LogP contribution is 2.28. The predicted octanol–water partition coefficient (Wildman–Crippen LogP) is 3.79. The first-order chi connectivity index (χ1) is 13.9. The zero-order chi connectivity index (χ0) is 20.7. The first-order valence-corrected chi connectivity index (χ1v) is 9.74. The van der Waals surface area contributed by atoms with Gasteiger partial charge in [-0.25, -0.2) is 9.36 Å². The number of hydrogen-bond donors (Lipinski definition) is 0. The summed E-state index contributed by atoms with van der Waals surface area (Å²) in [4.78, 5) is 38.7. The Morgan fingerprint density at radius 1 is 1.03 bits per heavy atom. The van der Waals surface area contributed by atoms with Crippen LogP contribution in [0.15, 0.2) is 64.2 Å². The third-order valence-electron chi connectivity index (χ3n) is 4.93. The number of hydrogen-bond acceptors (Lipinski definition) is 5. The summed E-state index contributed by atoms with van der Waals surface area (Å²) in [5.74, 6) is 0. The second-order valence-corrected chi connectivity index (χ2v) is 7.94. The van der Waals surface area contributed by atoms with Gasteiger partial charge in [0.2, 0.25) is 0 Å². The molecule has 0 spiro atoms. The first kappa shape index (κ1) is 18.8. The number of para-hydroxylation sites is 1. The summed E-state index contributed by atoms with van der Waals surface area (Å²) in [7, 11) is 0. The molecule has 4 aromatic rings. The smallest absolute Gasteiger partial charge is 0.279 e. The van der Waals surface area contributed by atoms with Crippen LogP contribution in [0.1, 0.15) is 16.0 Å². The van der Waals surface area contributed by atoms with Crippen LogP contribution in [0.25, 0.3) is 15.9 Å². The summed E-state index contributed by atoms with van der Waals surface area (Å²) in [6.07, 6.45) is 0. The van der Waals surface area contributed by atoms with E-state index in [9.17, 15) is 19.7 Å². The minimum atomic E-state index is -0.471. The van der Waals surface area contributed by atoms with Crippen LogP contribution in [0.5, 0.6) is 0 Å². The lowest BCUT2D eigenvalue weighted by atomic mass is 10.2. The molecule has 0 unspecified atom stereocenters. The standard InChI is InChI=1S/C21H17N3O4S/c1-13-14(2)29-20-18(13)19(25)23(16-8-4-3-5-9-16)21(26)22(20)12-15-7-6-10-17(11-15)24(27)28/h3-11H,12H2,1-2H3. The van der Waals surface area contributed by atoms with Crippen molar-refractivity contribution in [1.29, 1.82) is 0 Å². The van der Waals surface area contributed by atoms with Gasteiger partial charge in [-0.05, 0) is 37.1 Å². The van der Waals surface area contributed by atoms with Gasteiger partial charge in [0.05, 0.1) is 22.5 Å². The molecule has 0 aliphatic rings. The van der Waals surface area contributed by atoms with Crippen molar-refractivity contribution in [3.05, 3.63) is 102 Å². The molecule has 0 saturated carbocycles. The second-order valence-electron chi connectivity index (χ2n) is 6.74. The fraction of sp³-hybridized carbons (Fsp3) is 0.143. The Hall–Kier alpha value is -3.52. The van der Waals surface area contributed by atoms with Crippen molar-refractivity contribution in [2.24, 2.45) is 0 Å². The highest BCUT2D eigenvalue weighted by molar-refractivity contribution is 7.18. The minimum absolute atomic E-state index is 0.0401. The van der Waals surface area contributed by atoms with E-state index >= 15 is 0 Å². The molecular formula is C21H17N3O4S. The van der Waals surface area contributed by atoms with E-state index in [4.69, 9.17) is 0 Å². The molecule has 8 heteroatoms. The zero-order valence-corrected chi connectivity index (χ0v) is 16.6. The van der Waals surface area contributed by atoms with Gasteiger partial charge in [-0.15, -0.1) is 11.3 Å². The minimum Gasteiger partial charge on any atom is -0.279 e. The molecule has 0 fully saturated rings. The molecule has 7 nitrogen and oxygen atoms in total. The number of benzene rings is 2. The van der Waals surface area contributed by atoms with Crippen LogP contribution < -0.4 is 11.2 Å². The van der Waals surface area contributed by atoms with Crippen LogP contribution in [0.2, 0.25) is 0 Å². The number of non-ortho nitro benzene ring substituents is 1. The highest BCUT2D eigenvalue weighted by Gasteiger charge is 2.20. The predicted molar refractivity (Wildman–Crippen MR) is 113 cm³/mol. The molecule has 0 atom stereocenters. The van der Waals surface area contributed by atoms with Crippen LogP contribution in [0.3, 0.4) is 0 Å². The molecule has 4 rings (SSSR count). The van der Waals surface area contributed by atoms with Gasteiger partial charge in [-0.1, -0.05) is 30.3 Å². The monoisotopic (exact) mass is 407 g/mol. The number of rotatable bonds is 4. The van der Waals surface area contributed by atoms with Gasteiger partial charge in [-0.2, -0.15) is 0 Å². The normalized spacial score (nSPS) is 11.1. The van der Waals surface area contributed by atoms with Gasteiger partial charge in [0, 0.05) is 17.0 Å². The fourth-order valence-corrected chi connectivity index (χ4v) is 4.49. The van der Waals surface area contributed by atoms with E-state index in [-0.39, 0.29) is 17.8 Å². The number of thiophene rings is 1. The van der Waals surface area contributed by atoms with Crippen molar-refractivity contribution in [2.75, 3.05) is 0 Å². The van der Waals surface area contributed by atoms with E-state index in [1.54, 1.807) is 36.4 Å². The van der Waals surface area contributed by atoms with Crippen LogP contribution in [-0.4, -0.2) is 14.1 Å². The summed E-state index contributed by atoms with van der Waals surface area (Å²) < 4.78 is 2.69. The second kappa shape index (κ2) is 7.14. The van der Waals surface area contributed by atoms with Crippen molar-refractivity contribution in [3.63, 3.8) is 0 Å². The first-order valence-electron chi connectivity index (χ1n) is 8.93. The molecule has 2 aromatic carbocycles. The molecule has 0 bridgehead atoms. The molecule has 0 N–H and O–H groups in total. The number of nitro groups is 1. The van der Waals surface area contributed by atoms with E-state index in [1.165, 1.54) is 32.6 Å². The molecule has 29 heavy (non-hydrogen) atoms. The molecule has 0 saturated heterocycles. The Balaban J connectivity index is 2.02. The molecule has 0 aliphatic heterocycles. The lowest BCUT2D eigenvalue weighted by molar-refractivity contribution is -0.384. The van der Waals surface area contributed by atoms with Crippen molar-refractivity contribution < 1.29 is 4.92 Å². The summed E-state index contributed by atoms with van der Waals surface area (Å²) in [5, 5.41) is 11.6. The van der Waals surface area contributed by atoms with Crippen LogP contribution in [-0.2, 0) is 6.54 Å². The topological polar surface area (TPSA) is 87.1 Å². The van der Waals surface area contributed by atoms with E-state index in [0.717, 1.165) is 10.4 Å². The van der Waals surface area contributed by atoms with E-state index in [2.05, 4.69) is 0 Å². The largest absolute Gasteiger partial charge is 0.337 e. The summed E-state index contributed by atoms with van der Waals surface area (Å²) in [5.41, 5.74) is 1.08. The molecule has 2 heterocycles. The summed E-state index contributed by atoms with van der Waals surface area (Å²) >= 11 is 1.38. The Kier molecular flexibility index (Phi) is 4.63. The quantitative estimate of drug-likeness (QED) is 0.380. The van der Waals surface area contributed by atoms with Gasteiger partial charge >= 0.3 is 5.69 Å².